The second-order valence-electron chi connectivity index (χ2n) is 7.34. The molecule has 2 aromatic carbocycles. The number of nitrogen functional groups attached to an aromatic ring is 1. The molecule has 0 aliphatic carbocycles. The summed E-state index contributed by atoms with van der Waals surface area (Å²) in [5.74, 6) is -5.63. The molecule has 32 heavy (non-hydrogen) atoms. The van der Waals surface area contributed by atoms with Crippen LogP contribution in [0.5, 0.6) is 11.5 Å². The molecule has 0 fully saturated rings. The Bertz CT molecular complexity index is 1100. The molecule has 10 heteroatoms. The maximum atomic E-state index is 12.9. The Morgan fingerprint density at radius 1 is 1.12 bits per heavy atom. The van der Waals surface area contributed by atoms with E-state index in [-0.39, 0.29) is 41.2 Å². The third-order valence-electron chi connectivity index (χ3n) is 5.08. The number of benzene rings is 2. The van der Waals surface area contributed by atoms with E-state index in [0.717, 1.165) is 0 Å². The number of aryl methyl sites for hydroxylation is 1. The zero-order valence-corrected chi connectivity index (χ0v) is 17.0. The molecule has 10 nitrogen and oxygen atoms in total. The van der Waals surface area contributed by atoms with E-state index in [9.17, 15) is 24.3 Å². The van der Waals surface area contributed by atoms with Crippen LogP contribution in [0.4, 0.5) is 5.69 Å². The molecule has 0 aromatic heterocycles. The minimum absolute atomic E-state index is 0.0669. The first-order valence-electron chi connectivity index (χ1n) is 9.83. The van der Waals surface area contributed by atoms with Crippen LogP contribution in [-0.2, 0) is 16.0 Å². The lowest BCUT2D eigenvalue weighted by Gasteiger charge is -2.20. The number of anilines is 1. The van der Waals surface area contributed by atoms with Gasteiger partial charge >= 0.3 is 17.9 Å². The van der Waals surface area contributed by atoms with E-state index in [2.05, 4.69) is 0 Å². The molecular formula is C22H22N2O8. The van der Waals surface area contributed by atoms with E-state index in [4.69, 9.17) is 26.0 Å². The molecule has 168 valence electrons. The highest BCUT2D eigenvalue weighted by Crippen LogP contribution is 2.38. The number of nitrogens with two attached hydrogens (primary N) is 2. The SMILES string of the molecule is NC(=O)c1cc(C(CCC(=O)O)C(=O)O)cc2c1OCCCc1cc(N)ccc1C(=O)O2. The Balaban J connectivity index is 2.11. The van der Waals surface area contributed by atoms with Crippen molar-refractivity contribution in [2.24, 2.45) is 5.73 Å². The summed E-state index contributed by atoms with van der Waals surface area (Å²) >= 11 is 0. The molecule has 1 heterocycles. The number of amides is 1. The third-order valence-corrected chi connectivity index (χ3v) is 5.08. The molecular weight excluding hydrogens is 420 g/mol. The fourth-order valence-electron chi connectivity index (χ4n) is 3.54. The van der Waals surface area contributed by atoms with Crippen molar-refractivity contribution in [1.82, 2.24) is 0 Å². The molecule has 0 spiro atoms. The number of carbonyl (C=O) groups is 4. The van der Waals surface area contributed by atoms with Crippen molar-refractivity contribution in [3.8, 4) is 11.5 Å². The summed E-state index contributed by atoms with van der Waals surface area (Å²) in [6.45, 7) is 0.166. The molecule has 1 aliphatic rings. The van der Waals surface area contributed by atoms with Gasteiger partial charge in [-0.3, -0.25) is 14.4 Å². The van der Waals surface area contributed by atoms with Crippen LogP contribution in [-0.4, -0.2) is 40.6 Å². The van der Waals surface area contributed by atoms with Crippen LogP contribution in [0, 0.1) is 0 Å². The summed E-state index contributed by atoms with van der Waals surface area (Å²) in [6, 6.07) is 7.24. The van der Waals surface area contributed by atoms with Gasteiger partial charge < -0.3 is 31.2 Å². The predicted molar refractivity (Wildman–Crippen MR) is 112 cm³/mol. The smallest absolute Gasteiger partial charge is 0.343 e. The fraction of sp³-hybridized carbons (Fsp3) is 0.273. The number of carboxylic acids is 2. The highest BCUT2D eigenvalue weighted by Gasteiger charge is 2.28. The van der Waals surface area contributed by atoms with Crippen LogP contribution >= 0.6 is 0 Å². The van der Waals surface area contributed by atoms with Gasteiger partial charge in [0.05, 0.1) is 23.7 Å². The summed E-state index contributed by atoms with van der Waals surface area (Å²) in [5.41, 5.74) is 12.6. The predicted octanol–water partition coefficient (Wildman–Crippen LogP) is 1.94. The Kier molecular flexibility index (Phi) is 6.62. The summed E-state index contributed by atoms with van der Waals surface area (Å²) < 4.78 is 11.2. The highest BCUT2D eigenvalue weighted by molar-refractivity contribution is 5.99. The van der Waals surface area contributed by atoms with E-state index < -0.39 is 36.2 Å². The minimum atomic E-state index is -1.30. The number of hydrogen-bond acceptors (Lipinski definition) is 7. The second kappa shape index (κ2) is 9.38. The van der Waals surface area contributed by atoms with E-state index in [1.807, 2.05) is 0 Å². The number of hydrogen-bond donors (Lipinski definition) is 4. The number of primary amides is 1. The van der Waals surface area contributed by atoms with Crippen molar-refractivity contribution in [3.63, 3.8) is 0 Å². The number of esters is 1. The molecule has 1 unspecified atom stereocenters. The average molecular weight is 442 g/mol. The lowest BCUT2D eigenvalue weighted by Crippen LogP contribution is -2.20. The third kappa shape index (κ3) is 4.97. The lowest BCUT2D eigenvalue weighted by atomic mass is 9.92. The van der Waals surface area contributed by atoms with Crippen LogP contribution in [0.3, 0.4) is 0 Å². The summed E-state index contributed by atoms with van der Waals surface area (Å²) in [4.78, 5) is 47.7. The first-order chi connectivity index (χ1) is 15.2. The molecule has 2 aromatic rings. The Morgan fingerprint density at radius 2 is 1.88 bits per heavy atom. The van der Waals surface area contributed by atoms with Crippen LogP contribution in [0.15, 0.2) is 30.3 Å². The number of fused-ring (bicyclic) bond motifs is 2. The van der Waals surface area contributed by atoms with Crippen molar-refractivity contribution in [2.45, 2.75) is 31.6 Å². The number of carbonyl (C=O) groups excluding carboxylic acids is 2. The molecule has 3 rings (SSSR count). The molecule has 0 bridgehead atoms. The summed E-state index contributed by atoms with van der Waals surface area (Å²) in [5, 5.41) is 18.5. The number of rotatable bonds is 6. The van der Waals surface area contributed by atoms with E-state index in [1.165, 1.54) is 18.2 Å². The maximum absolute atomic E-state index is 12.9. The van der Waals surface area contributed by atoms with Crippen molar-refractivity contribution < 1.29 is 38.9 Å². The number of ether oxygens (including phenoxy) is 2. The normalized spacial score (nSPS) is 14.2. The molecule has 0 radical (unpaired) electrons. The molecule has 1 amide bonds. The molecule has 0 saturated carbocycles. The fourth-order valence-corrected chi connectivity index (χ4v) is 3.54. The van der Waals surface area contributed by atoms with Gasteiger partial charge in [-0.05, 0) is 60.7 Å². The second-order valence-corrected chi connectivity index (χ2v) is 7.34. The minimum Gasteiger partial charge on any atom is -0.489 e. The maximum Gasteiger partial charge on any atom is 0.343 e. The van der Waals surface area contributed by atoms with Crippen LogP contribution in [0.2, 0.25) is 0 Å². The van der Waals surface area contributed by atoms with Crippen LogP contribution in [0.1, 0.15) is 57.0 Å². The van der Waals surface area contributed by atoms with Crippen molar-refractivity contribution in [1.29, 1.82) is 0 Å². The zero-order chi connectivity index (χ0) is 23.4. The lowest BCUT2D eigenvalue weighted by molar-refractivity contribution is -0.140. The summed E-state index contributed by atoms with van der Waals surface area (Å²) in [6.07, 6.45) is 0.328. The first-order valence-corrected chi connectivity index (χ1v) is 9.83. The van der Waals surface area contributed by atoms with Crippen LogP contribution in [0.25, 0.3) is 0 Å². The number of aliphatic carboxylic acids is 2. The average Bonchev–Trinajstić information content (AvgIpc) is 2.71. The molecule has 0 saturated heterocycles. The monoisotopic (exact) mass is 442 g/mol. The molecule has 1 atom stereocenters. The quantitative estimate of drug-likeness (QED) is 0.295. The molecule has 6 N–H and O–H groups in total. The van der Waals surface area contributed by atoms with Gasteiger partial charge in [-0.15, -0.1) is 0 Å². The van der Waals surface area contributed by atoms with Gasteiger partial charge in [-0.2, -0.15) is 0 Å². The van der Waals surface area contributed by atoms with Gasteiger partial charge in [0.25, 0.3) is 5.91 Å². The van der Waals surface area contributed by atoms with E-state index in [1.54, 1.807) is 12.1 Å². The topological polar surface area (TPSA) is 179 Å². The van der Waals surface area contributed by atoms with Gasteiger partial charge in [-0.25, -0.2) is 4.79 Å². The van der Waals surface area contributed by atoms with Gasteiger partial charge in [0.2, 0.25) is 0 Å². The zero-order valence-electron chi connectivity index (χ0n) is 17.0. The molecule has 1 aliphatic heterocycles. The highest BCUT2D eigenvalue weighted by atomic mass is 16.6. The van der Waals surface area contributed by atoms with E-state index in [0.29, 0.717) is 24.1 Å². The Morgan fingerprint density at radius 3 is 2.53 bits per heavy atom. The summed E-state index contributed by atoms with van der Waals surface area (Å²) in [7, 11) is 0. The number of carboxylic acid groups (broad SMARTS) is 2. The Hall–Kier alpha value is -4.08. The largest absolute Gasteiger partial charge is 0.489 e. The van der Waals surface area contributed by atoms with Crippen molar-refractivity contribution in [3.05, 3.63) is 52.6 Å². The first kappa shape index (κ1) is 22.6. The van der Waals surface area contributed by atoms with Crippen molar-refractivity contribution in [2.75, 3.05) is 12.3 Å². The van der Waals surface area contributed by atoms with Crippen LogP contribution < -0.4 is 20.9 Å². The van der Waals surface area contributed by atoms with Gasteiger partial charge in [-0.1, -0.05) is 0 Å². The van der Waals surface area contributed by atoms with Crippen molar-refractivity contribution >= 4 is 29.5 Å². The van der Waals surface area contributed by atoms with Gasteiger partial charge in [0, 0.05) is 12.1 Å². The standard InChI is InChI=1S/C22H22N2O8/c23-13-3-4-15-11(8-13)2-1-7-31-19-16(20(24)27)9-12(10-17(19)32-22(15)30)14(21(28)29)5-6-18(25)26/h3-4,8-10,14H,1-2,5-7,23H2,(H2,24,27)(H,25,26)(H,28,29). The van der Waals surface area contributed by atoms with E-state index >= 15 is 0 Å². The van der Waals surface area contributed by atoms with Gasteiger partial charge in [0.1, 0.15) is 0 Å². The van der Waals surface area contributed by atoms with Gasteiger partial charge in [0.15, 0.2) is 11.5 Å². The Labute approximate surface area is 182 Å².